The van der Waals surface area contributed by atoms with Crippen molar-refractivity contribution in [1.82, 2.24) is 9.97 Å². The second-order valence-electron chi connectivity index (χ2n) is 5.37. The molecular formula is C11H21BrN2O2Si. The van der Waals surface area contributed by atoms with Crippen LogP contribution in [0.15, 0.2) is 4.60 Å². The number of aliphatic hydroxyl groups excluding tert-OH is 1. The van der Waals surface area contributed by atoms with Crippen LogP contribution in [0.25, 0.3) is 0 Å². The fraction of sp³-hybridized carbons (Fsp3) is 0.727. The molecule has 4 nitrogen and oxygen atoms in total. The molecule has 0 radical (unpaired) electrons. The number of aromatic nitrogens is 2. The van der Waals surface area contributed by atoms with Gasteiger partial charge in [-0.05, 0) is 28.9 Å². The van der Waals surface area contributed by atoms with Crippen molar-refractivity contribution < 1.29 is 9.84 Å². The van der Waals surface area contributed by atoms with E-state index in [1.54, 1.807) is 0 Å². The normalized spacial score (nSPS) is 14.0. The highest BCUT2D eigenvalue weighted by atomic mass is 79.9. The van der Waals surface area contributed by atoms with Crippen molar-refractivity contribution >= 4 is 24.0 Å². The first-order chi connectivity index (χ1) is 7.83. The highest BCUT2D eigenvalue weighted by Crippen LogP contribution is 2.21. The van der Waals surface area contributed by atoms with Crippen LogP contribution in [0.1, 0.15) is 24.5 Å². The summed E-state index contributed by atoms with van der Waals surface area (Å²) in [5, 5.41) is 9.06. The first kappa shape index (κ1) is 14.9. The second kappa shape index (κ2) is 6.13. The van der Waals surface area contributed by atoms with Gasteiger partial charge in [-0.25, -0.2) is 4.98 Å². The van der Waals surface area contributed by atoms with Gasteiger partial charge in [0.05, 0.1) is 12.3 Å². The van der Waals surface area contributed by atoms with Crippen molar-refractivity contribution in [2.75, 3.05) is 6.61 Å². The van der Waals surface area contributed by atoms with E-state index in [1.165, 1.54) is 0 Å². The number of hydrogen-bond donors (Lipinski definition) is 2. The van der Waals surface area contributed by atoms with Crippen molar-refractivity contribution in [2.45, 2.75) is 45.3 Å². The van der Waals surface area contributed by atoms with Gasteiger partial charge in [0, 0.05) is 14.7 Å². The van der Waals surface area contributed by atoms with Crippen LogP contribution in [0, 0.1) is 0 Å². The first-order valence-electron chi connectivity index (χ1n) is 5.80. The van der Waals surface area contributed by atoms with E-state index in [0.29, 0.717) is 10.3 Å². The zero-order valence-corrected chi connectivity index (χ0v) is 13.5. The van der Waals surface area contributed by atoms with Gasteiger partial charge in [-0.2, -0.15) is 0 Å². The van der Waals surface area contributed by atoms with Gasteiger partial charge in [-0.3, -0.25) is 0 Å². The van der Waals surface area contributed by atoms with Crippen molar-refractivity contribution in [3.63, 3.8) is 0 Å². The lowest BCUT2D eigenvalue weighted by molar-refractivity contribution is 0.0699. The van der Waals surface area contributed by atoms with Crippen LogP contribution < -0.4 is 0 Å². The maximum atomic E-state index is 9.06. The number of nitrogens with zero attached hydrogens (tertiary/aromatic N) is 1. The molecular weight excluding hydrogens is 300 g/mol. The summed E-state index contributed by atoms with van der Waals surface area (Å²) in [5.41, 5.74) is 0.695. The summed E-state index contributed by atoms with van der Waals surface area (Å²) >= 11 is 3.29. The SMILES string of the molecule is CC(OCC[Si](C)(C)C)c1nc(Br)c(CO)[nH]1. The molecule has 1 atom stereocenters. The smallest absolute Gasteiger partial charge is 0.136 e. The van der Waals surface area contributed by atoms with Crippen LogP contribution in [0.2, 0.25) is 25.7 Å². The van der Waals surface area contributed by atoms with Gasteiger partial charge in [0.1, 0.15) is 16.5 Å². The predicted molar refractivity (Wildman–Crippen MR) is 74.7 cm³/mol. The molecule has 98 valence electrons. The minimum atomic E-state index is -1.04. The van der Waals surface area contributed by atoms with Gasteiger partial charge < -0.3 is 14.8 Å². The first-order valence-corrected chi connectivity index (χ1v) is 10.3. The van der Waals surface area contributed by atoms with E-state index < -0.39 is 8.07 Å². The predicted octanol–water partition coefficient (Wildman–Crippen LogP) is 3.08. The van der Waals surface area contributed by atoms with Crippen LogP contribution >= 0.6 is 15.9 Å². The Morgan fingerprint density at radius 1 is 1.47 bits per heavy atom. The molecule has 1 aromatic rings. The molecule has 1 aromatic heterocycles. The third kappa shape index (κ3) is 4.91. The van der Waals surface area contributed by atoms with Crippen LogP contribution in [0.3, 0.4) is 0 Å². The van der Waals surface area contributed by atoms with Gasteiger partial charge in [-0.1, -0.05) is 19.6 Å². The van der Waals surface area contributed by atoms with Crippen molar-refractivity contribution in [3.05, 3.63) is 16.1 Å². The van der Waals surface area contributed by atoms with E-state index in [1.807, 2.05) is 6.92 Å². The van der Waals surface area contributed by atoms with Crippen LogP contribution in [0.4, 0.5) is 0 Å². The maximum absolute atomic E-state index is 9.06. The Kier molecular flexibility index (Phi) is 5.37. The number of ether oxygens (including phenoxy) is 1. The van der Waals surface area contributed by atoms with Gasteiger partial charge in [0.25, 0.3) is 0 Å². The van der Waals surface area contributed by atoms with Crippen LogP contribution in [-0.2, 0) is 11.3 Å². The summed E-state index contributed by atoms with van der Waals surface area (Å²) in [7, 11) is -1.04. The molecule has 0 fully saturated rings. The molecule has 1 rings (SSSR count). The monoisotopic (exact) mass is 320 g/mol. The Morgan fingerprint density at radius 3 is 2.59 bits per heavy atom. The Hall–Kier alpha value is -0.173. The summed E-state index contributed by atoms with van der Waals surface area (Å²) < 4.78 is 6.42. The fourth-order valence-corrected chi connectivity index (χ4v) is 2.47. The number of H-pyrrole nitrogens is 1. The summed E-state index contributed by atoms with van der Waals surface area (Å²) in [6.45, 7) is 9.67. The van der Waals surface area contributed by atoms with Gasteiger partial charge in [0.15, 0.2) is 0 Å². The number of imidazole rings is 1. The molecule has 6 heteroatoms. The Bertz CT molecular complexity index is 363. The molecule has 0 bridgehead atoms. The van der Waals surface area contributed by atoms with Crippen LogP contribution in [0.5, 0.6) is 0 Å². The molecule has 17 heavy (non-hydrogen) atoms. The van der Waals surface area contributed by atoms with E-state index in [9.17, 15) is 0 Å². The standard InChI is InChI=1S/C11H21BrN2O2Si/c1-8(16-5-6-17(2,3)4)11-13-9(7-15)10(12)14-11/h8,15H,5-7H2,1-4H3,(H,13,14). The van der Waals surface area contributed by atoms with E-state index in [-0.39, 0.29) is 12.7 Å². The lowest BCUT2D eigenvalue weighted by Gasteiger charge is -2.17. The van der Waals surface area contributed by atoms with Crippen molar-refractivity contribution in [2.24, 2.45) is 0 Å². The van der Waals surface area contributed by atoms with Crippen molar-refractivity contribution in [1.29, 1.82) is 0 Å². The summed E-state index contributed by atoms with van der Waals surface area (Å²) in [6, 6.07) is 1.14. The molecule has 1 unspecified atom stereocenters. The summed E-state index contributed by atoms with van der Waals surface area (Å²) in [6.07, 6.45) is -0.0667. The largest absolute Gasteiger partial charge is 0.390 e. The Morgan fingerprint density at radius 2 is 2.12 bits per heavy atom. The molecule has 1 heterocycles. The number of hydrogen-bond acceptors (Lipinski definition) is 3. The highest BCUT2D eigenvalue weighted by Gasteiger charge is 2.16. The molecule has 0 aromatic carbocycles. The topological polar surface area (TPSA) is 58.1 Å². The highest BCUT2D eigenvalue weighted by molar-refractivity contribution is 9.10. The van der Waals surface area contributed by atoms with E-state index >= 15 is 0 Å². The minimum Gasteiger partial charge on any atom is -0.390 e. The summed E-state index contributed by atoms with van der Waals surface area (Å²) in [5.74, 6) is 0.761. The summed E-state index contributed by atoms with van der Waals surface area (Å²) in [4.78, 5) is 7.34. The molecule has 2 N–H and O–H groups in total. The third-order valence-corrected chi connectivity index (χ3v) is 4.87. The maximum Gasteiger partial charge on any atom is 0.136 e. The number of rotatable bonds is 6. The molecule has 0 spiro atoms. The molecule has 0 saturated carbocycles. The number of halogens is 1. The number of aromatic amines is 1. The van der Waals surface area contributed by atoms with E-state index in [0.717, 1.165) is 18.5 Å². The zero-order valence-electron chi connectivity index (χ0n) is 10.9. The van der Waals surface area contributed by atoms with Crippen LogP contribution in [-0.4, -0.2) is 29.8 Å². The lowest BCUT2D eigenvalue weighted by Crippen LogP contribution is -2.22. The molecule has 0 aliphatic heterocycles. The Labute approximate surface area is 112 Å². The average Bonchev–Trinajstić information content (AvgIpc) is 2.57. The lowest BCUT2D eigenvalue weighted by atomic mass is 10.4. The molecule has 0 aliphatic rings. The zero-order chi connectivity index (χ0) is 13.1. The van der Waals surface area contributed by atoms with Gasteiger partial charge in [-0.15, -0.1) is 0 Å². The number of nitrogens with one attached hydrogen (secondary N) is 1. The molecule has 0 aliphatic carbocycles. The minimum absolute atomic E-state index is 0.0464. The average molecular weight is 321 g/mol. The molecule has 0 saturated heterocycles. The third-order valence-electron chi connectivity index (χ3n) is 2.51. The van der Waals surface area contributed by atoms with Gasteiger partial charge >= 0.3 is 0 Å². The second-order valence-corrected chi connectivity index (χ2v) is 11.7. The Balaban J connectivity index is 2.49. The van der Waals surface area contributed by atoms with E-state index in [4.69, 9.17) is 9.84 Å². The quantitative estimate of drug-likeness (QED) is 0.792. The van der Waals surface area contributed by atoms with Crippen molar-refractivity contribution in [3.8, 4) is 0 Å². The molecule has 0 amide bonds. The number of aliphatic hydroxyl groups is 1. The fourth-order valence-electron chi connectivity index (χ4n) is 1.33. The van der Waals surface area contributed by atoms with E-state index in [2.05, 4.69) is 45.5 Å². The van der Waals surface area contributed by atoms with Gasteiger partial charge in [0.2, 0.25) is 0 Å².